The first-order chi connectivity index (χ1) is 18.1. The van der Waals surface area contributed by atoms with Gasteiger partial charge in [-0.1, -0.05) is 26.7 Å². The Morgan fingerprint density at radius 2 is 1.63 bits per heavy atom. The van der Waals surface area contributed by atoms with Gasteiger partial charge in [-0.05, 0) is 57.0 Å². The fourth-order valence-electron chi connectivity index (χ4n) is 4.54. The third-order valence-corrected chi connectivity index (χ3v) is 6.37. The minimum absolute atomic E-state index is 0.0221. The molecular weight excluding hydrogens is 488 g/mol. The molecule has 0 aromatic heterocycles. The van der Waals surface area contributed by atoms with Crippen molar-refractivity contribution in [3.05, 3.63) is 58.7 Å². The van der Waals surface area contributed by atoms with E-state index in [1.165, 1.54) is 13.0 Å². The van der Waals surface area contributed by atoms with Crippen LogP contribution < -0.4 is 14.2 Å². The van der Waals surface area contributed by atoms with Crippen LogP contribution >= 0.6 is 0 Å². The minimum Gasteiger partial charge on any atom is -0.507 e. The van der Waals surface area contributed by atoms with E-state index >= 15 is 0 Å². The number of fused-ring (bicyclic) bond motifs is 1. The lowest BCUT2D eigenvalue weighted by Crippen LogP contribution is -2.38. The number of hydrogen-bond acceptors (Lipinski definition) is 7. The molecule has 1 aliphatic heterocycles. The Balaban J connectivity index is 1.71. The van der Waals surface area contributed by atoms with Crippen LogP contribution in [0.5, 0.6) is 23.0 Å². The summed E-state index contributed by atoms with van der Waals surface area (Å²) < 4.78 is 18.2. The summed E-state index contributed by atoms with van der Waals surface area (Å²) in [6, 6.07) is 6.77. The fraction of sp³-hybridized carbons (Fsp3) is 0.433. The van der Waals surface area contributed by atoms with Gasteiger partial charge in [0.15, 0.2) is 11.6 Å². The molecule has 1 aliphatic rings. The molecule has 8 nitrogen and oxygen atoms in total. The number of phenolic OH excluding ortho intramolecular Hbond substituents is 1. The SMILES string of the molecule is CCCc1c(OCCCOc2ccc3c(c2CCC)O[C@@](C)(C=CC(=O)O)CC3=O)ccc(C(C)=O)c1O. The second-order valence-corrected chi connectivity index (χ2v) is 9.65. The number of ketones is 2. The van der Waals surface area contributed by atoms with E-state index in [1.54, 1.807) is 31.2 Å². The zero-order valence-electron chi connectivity index (χ0n) is 22.5. The highest BCUT2D eigenvalue weighted by Crippen LogP contribution is 2.41. The molecule has 8 heteroatoms. The number of phenols is 1. The lowest BCUT2D eigenvalue weighted by molar-refractivity contribution is -0.131. The fourth-order valence-corrected chi connectivity index (χ4v) is 4.54. The van der Waals surface area contributed by atoms with Crippen LogP contribution in [0.4, 0.5) is 0 Å². The lowest BCUT2D eigenvalue weighted by atomic mass is 9.89. The van der Waals surface area contributed by atoms with Crippen LogP contribution in [-0.2, 0) is 17.6 Å². The molecule has 0 radical (unpaired) electrons. The van der Waals surface area contributed by atoms with E-state index in [0.29, 0.717) is 60.9 Å². The summed E-state index contributed by atoms with van der Waals surface area (Å²) in [7, 11) is 0. The van der Waals surface area contributed by atoms with Gasteiger partial charge in [0, 0.05) is 23.6 Å². The van der Waals surface area contributed by atoms with E-state index in [0.717, 1.165) is 24.5 Å². The summed E-state index contributed by atoms with van der Waals surface area (Å²) in [4.78, 5) is 35.6. The van der Waals surface area contributed by atoms with Gasteiger partial charge >= 0.3 is 5.97 Å². The van der Waals surface area contributed by atoms with E-state index < -0.39 is 11.6 Å². The van der Waals surface area contributed by atoms with Crippen molar-refractivity contribution in [3.8, 4) is 23.0 Å². The maximum absolute atomic E-state index is 12.8. The van der Waals surface area contributed by atoms with Crippen molar-refractivity contribution < 1.29 is 38.8 Å². The van der Waals surface area contributed by atoms with Gasteiger partial charge in [-0.25, -0.2) is 4.79 Å². The number of aromatic hydroxyl groups is 1. The van der Waals surface area contributed by atoms with Crippen molar-refractivity contribution in [1.82, 2.24) is 0 Å². The maximum Gasteiger partial charge on any atom is 0.328 e. The van der Waals surface area contributed by atoms with Crippen molar-refractivity contribution in [1.29, 1.82) is 0 Å². The van der Waals surface area contributed by atoms with Gasteiger partial charge in [-0.2, -0.15) is 0 Å². The number of carbonyl (C=O) groups is 3. The molecule has 0 unspecified atom stereocenters. The summed E-state index contributed by atoms with van der Waals surface area (Å²) in [5, 5.41) is 19.5. The molecule has 204 valence electrons. The molecule has 0 aliphatic carbocycles. The zero-order chi connectivity index (χ0) is 27.9. The molecule has 2 aromatic carbocycles. The summed E-state index contributed by atoms with van der Waals surface area (Å²) >= 11 is 0. The molecule has 1 atom stereocenters. The Morgan fingerprint density at radius 1 is 1.03 bits per heavy atom. The molecule has 0 amide bonds. The average molecular weight is 525 g/mol. The molecule has 0 saturated heterocycles. The lowest BCUT2D eigenvalue weighted by Gasteiger charge is -2.34. The Morgan fingerprint density at radius 3 is 2.24 bits per heavy atom. The monoisotopic (exact) mass is 524 g/mol. The standard InChI is InChI=1S/C30H36O8/c1-5-8-22-25(12-10-20(19(3)31)28(22)35)36-16-7-17-37-26-13-11-21-24(32)18-30(4,15-14-27(33)34)38-29(21)23(26)9-6-2/h10-15,35H,5-9,16-18H2,1-4H3,(H,33,34)/t30-/m0/s1. The number of benzene rings is 2. The summed E-state index contributed by atoms with van der Waals surface area (Å²) in [6.07, 6.45) is 5.83. The van der Waals surface area contributed by atoms with Crippen molar-refractivity contribution in [2.24, 2.45) is 0 Å². The third-order valence-electron chi connectivity index (χ3n) is 6.37. The molecular formula is C30H36O8. The van der Waals surface area contributed by atoms with Gasteiger partial charge in [-0.3, -0.25) is 9.59 Å². The van der Waals surface area contributed by atoms with Gasteiger partial charge in [0.25, 0.3) is 0 Å². The molecule has 38 heavy (non-hydrogen) atoms. The van der Waals surface area contributed by atoms with E-state index in [4.69, 9.17) is 19.3 Å². The van der Waals surface area contributed by atoms with E-state index in [2.05, 4.69) is 0 Å². The highest BCUT2D eigenvalue weighted by molar-refractivity contribution is 6.01. The van der Waals surface area contributed by atoms with Crippen LogP contribution in [0, 0.1) is 0 Å². The first-order valence-electron chi connectivity index (χ1n) is 13.0. The molecule has 0 saturated carbocycles. The quantitative estimate of drug-likeness (QED) is 0.194. The number of hydrogen-bond donors (Lipinski definition) is 2. The number of ether oxygens (including phenoxy) is 3. The predicted molar refractivity (Wildman–Crippen MR) is 143 cm³/mol. The van der Waals surface area contributed by atoms with Gasteiger partial charge in [0.2, 0.25) is 0 Å². The van der Waals surface area contributed by atoms with Crippen molar-refractivity contribution in [2.45, 2.75) is 71.8 Å². The number of aliphatic carboxylic acids is 1. The normalized spacial score (nSPS) is 16.7. The number of carboxylic acid groups (broad SMARTS) is 1. The van der Waals surface area contributed by atoms with Crippen LogP contribution in [0.1, 0.15) is 85.2 Å². The van der Waals surface area contributed by atoms with E-state index in [-0.39, 0.29) is 29.3 Å². The second-order valence-electron chi connectivity index (χ2n) is 9.65. The van der Waals surface area contributed by atoms with Crippen molar-refractivity contribution in [2.75, 3.05) is 13.2 Å². The summed E-state index contributed by atoms with van der Waals surface area (Å²) in [5.41, 5.74) is 1.11. The minimum atomic E-state index is -1.10. The summed E-state index contributed by atoms with van der Waals surface area (Å²) in [5.74, 6) is 0.175. The van der Waals surface area contributed by atoms with Crippen molar-refractivity contribution >= 4 is 17.5 Å². The van der Waals surface area contributed by atoms with Crippen LogP contribution in [-0.4, -0.2) is 46.6 Å². The Bertz CT molecular complexity index is 1230. The number of Topliss-reactive ketones (excluding diaryl/α,β-unsaturated/α-hetero) is 2. The third kappa shape index (κ3) is 6.73. The van der Waals surface area contributed by atoms with E-state index in [1.807, 2.05) is 13.8 Å². The molecule has 3 rings (SSSR count). The zero-order valence-corrected chi connectivity index (χ0v) is 22.5. The van der Waals surface area contributed by atoms with Gasteiger partial charge in [0.05, 0.1) is 30.8 Å². The topological polar surface area (TPSA) is 119 Å². The van der Waals surface area contributed by atoms with Gasteiger partial charge < -0.3 is 24.4 Å². The first-order valence-corrected chi connectivity index (χ1v) is 13.0. The summed E-state index contributed by atoms with van der Waals surface area (Å²) in [6.45, 7) is 7.82. The molecule has 1 heterocycles. The molecule has 0 spiro atoms. The first kappa shape index (κ1) is 28.8. The Labute approximate surface area is 223 Å². The average Bonchev–Trinajstić information content (AvgIpc) is 2.85. The molecule has 0 bridgehead atoms. The smallest absolute Gasteiger partial charge is 0.328 e. The largest absolute Gasteiger partial charge is 0.507 e. The van der Waals surface area contributed by atoms with E-state index in [9.17, 15) is 19.5 Å². The molecule has 2 aromatic rings. The van der Waals surface area contributed by atoms with Crippen LogP contribution in [0.2, 0.25) is 0 Å². The van der Waals surface area contributed by atoms with Gasteiger partial charge in [-0.15, -0.1) is 0 Å². The Hall–Kier alpha value is -3.81. The molecule has 0 fully saturated rings. The van der Waals surface area contributed by atoms with Crippen molar-refractivity contribution in [3.63, 3.8) is 0 Å². The van der Waals surface area contributed by atoms with Crippen LogP contribution in [0.25, 0.3) is 0 Å². The maximum atomic E-state index is 12.8. The van der Waals surface area contributed by atoms with Crippen LogP contribution in [0.15, 0.2) is 36.4 Å². The number of carboxylic acids is 1. The highest BCUT2D eigenvalue weighted by atomic mass is 16.5. The second kappa shape index (κ2) is 12.6. The van der Waals surface area contributed by atoms with Gasteiger partial charge in [0.1, 0.15) is 28.6 Å². The number of rotatable bonds is 13. The predicted octanol–water partition coefficient (Wildman–Crippen LogP) is 5.71. The number of carbonyl (C=O) groups excluding carboxylic acids is 2. The van der Waals surface area contributed by atoms with Crippen LogP contribution in [0.3, 0.4) is 0 Å². The molecule has 2 N–H and O–H groups in total. The highest BCUT2D eigenvalue weighted by Gasteiger charge is 2.36. The Kier molecular flexibility index (Phi) is 9.55.